The number of aromatic nitrogens is 1. The summed E-state index contributed by atoms with van der Waals surface area (Å²) in [5, 5.41) is 6.72. The number of nitrogens with zero attached hydrogens (tertiary/aromatic N) is 2. The fraction of sp³-hybridized carbons (Fsp3) is 0.714. The predicted octanol–water partition coefficient (Wildman–Crippen LogP) is 2.94. The Labute approximate surface area is 120 Å². The molecule has 0 radical (unpaired) electrons. The number of nitrogens with one attached hydrogen (secondary N) is 2. The summed E-state index contributed by atoms with van der Waals surface area (Å²) < 4.78 is 0. The second-order valence-corrected chi connectivity index (χ2v) is 5.56. The van der Waals surface area contributed by atoms with Crippen LogP contribution in [0.25, 0.3) is 0 Å². The van der Waals surface area contributed by atoms with Crippen LogP contribution in [0.15, 0.2) is 10.5 Å². The molecule has 0 spiro atoms. The quantitative estimate of drug-likeness (QED) is 0.597. The molecule has 0 aliphatic rings. The van der Waals surface area contributed by atoms with E-state index in [4.69, 9.17) is 0 Å². The van der Waals surface area contributed by atoms with Crippen LogP contribution in [0.5, 0.6) is 0 Å². The van der Waals surface area contributed by atoms with Crippen molar-refractivity contribution in [3.8, 4) is 0 Å². The Morgan fingerprint density at radius 2 is 2.05 bits per heavy atom. The molecule has 0 aromatic carbocycles. The zero-order chi connectivity index (χ0) is 14.1. The maximum atomic E-state index is 4.62. The van der Waals surface area contributed by atoms with E-state index in [0.29, 0.717) is 12.5 Å². The number of aryl methyl sites for hydroxylation is 1. The molecule has 1 heterocycles. The number of rotatable bonds is 7. The zero-order valence-electron chi connectivity index (χ0n) is 12.5. The molecule has 5 heteroatoms. The second-order valence-electron chi connectivity index (χ2n) is 4.62. The fourth-order valence-corrected chi connectivity index (χ4v) is 2.49. The van der Waals surface area contributed by atoms with Crippen molar-refractivity contribution >= 4 is 17.3 Å². The van der Waals surface area contributed by atoms with E-state index >= 15 is 0 Å². The van der Waals surface area contributed by atoms with Gasteiger partial charge in [-0.1, -0.05) is 26.7 Å². The summed E-state index contributed by atoms with van der Waals surface area (Å²) in [4.78, 5) is 10.1. The van der Waals surface area contributed by atoms with Gasteiger partial charge in [-0.15, -0.1) is 11.3 Å². The Balaban J connectivity index is 2.53. The third-order valence-corrected chi connectivity index (χ3v) is 4.20. The van der Waals surface area contributed by atoms with Crippen molar-refractivity contribution in [1.29, 1.82) is 0 Å². The molecule has 0 unspecified atom stereocenters. The van der Waals surface area contributed by atoms with Gasteiger partial charge < -0.3 is 10.6 Å². The van der Waals surface area contributed by atoms with E-state index in [9.17, 15) is 0 Å². The predicted molar refractivity (Wildman–Crippen MR) is 83.7 cm³/mol. The molecule has 0 bridgehead atoms. The van der Waals surface area contributed by atoms with Gasteiger partial charge in [0.25, 0.3) is 0 Å². The highest BCUT2D eigenvalue weighted by atomic mass is 32.1. The van der Waals surface area contributed by atoms with Crippen molar-refractivity contribution in [3.63, 3.8) is 0 Å². The molecule has 0 aliphatic heterocycles. The SMILES string of the molecule is CCNC(=NCc1scnc1C)NCC(CC)CC. The molecule has 0 saturated carbocycles. The first-order valence-electron chi connectivity index (χ1n) is 7.12. The normalized spacial score (nSPS) is 11.9. The highest BCUT2D eigenvalue weighted by molar-refractivity contribution is 7.09. The summed E-state index contributed by atoms with van der Waals surface area (Å²) in [5.41, 5.74) is 2.97. The van der Waals surface area contributed by atoms with Crippen LogP contribution in [-0.4, -0.2) is 24.0 Å². The van der Waals surface area contributed by atoms with E-state index in [1.54, 1.807) is 11.3 Å². The molecule has 0 amide bonds. The maximum absolute atomic E-state index is 4.62. The minimum absolute atomic E-state index is 0.703. The number of hydrogen-bond donors (Lipinski definition) is 2. The lowest BCUT2D eigenvalue weighted by molar-refractivity contribution is 0.481. The van der Waals surface area contributed by atoms with Gasteiger partial charge in [-0.05, 0) is 19.8 Å². The second kappa shape index (κ2) is 8.91. The molecule has 108 valence electrons. The Kier molecular flexibility index (Phi) is 7.48. The molecule has 0 aliphatic carbocycles. The Morgan fingerprint density at radius 1 is 1.32 bits per heavy atom. The lowest BCUT2D eigenvalue weighted by atomic mass is 10.0. The monoisotopic (exact) mass is 282 g/mol. The molecule has 1 aromatic rings. The van der Waals surface area contributed by atoms with E-state index in [2.05, 4.69) is 41.4 Å². The molecular formula is C14H26N4S. The molecule has 1 rings (SSSR count). The number of hydrogen-bond acceptors (Lipinski definition) is 3. The third-order valence-electron chi connectivity index (χ3n) is 3.28. The highest BCUT2D eigenvalue weighted by Gasteiger charge is 2.05. The minimum atomic E-state index is 0.703. The average Bonchev–Trinajstić information content (AvgIpc) is 2.82. The van der Waals surface area contributed by atoms with Crippen LogP contribution < -0.4 is 10.6 Å². The van der Waals surface area contributed by atoms with E-state index in [1.807, 2.05) is 12.4 Å². The molecule has 2 N–H and O–H groups in total. The van der Waals surface area contributed by atoms with Gasteiger partial charge in [0.2, 0.25) is 0 Å². The fourth-order valence-electron chi connectivity index (χ4n) is 1.79. The van der Waals surface area contributed by atoms with Gasteiger partial charge in [0.05, 0.1) is 17.7 Å². The first-order valence-corrected chi connectivity index (χ1v) is 8.00. The summed E-state index contributed by atoms with van der Waals surface area (Å²) in [7, 11) is 0. The lowest BCUT2D eigenvalue weighted by Gasteiger charge is -2.16. The molecular weight excluding hydrogens is 256 g/mol. The first kappa shape index (κ1) is 16.0. The molecule has 0 fully saturated rings. The van der Waals surface area contributed by atoms with Gasteiger partial charge in [-0.3, -0.25) is 0 Å². The van der Waals surface area contributed by atoms with E-state index in [0.717, 1.165) is 24.7 Å². The number of aliphatic imine (C=N–C) groups is 1. The van der Waals surface area contributed by atoms with Crippen molar-refractivity contribution in [3.05, 3.63) is 16.1 Å². The molecule has 1 aromatic heterocycles. The summed E-state index contributed by atoms with van der Waals surface area (Å²) in [6.07, 6.45) is 2.41. The van der Waals surface area contributed by atoms with Crippen molar-refractivity contribution in [2.45, 2.75) is 47.1 Å². The van der Waals surface area contributed by atoms with Crippen LogP contribution in [0, 0.1) is 12.8 Å². The van der Waals surface area contributed by atoms with Crippen LogP contribution in [-0.2, 0) is 6.54 Å². The van der Waals surface area contributed by atoms with Gasteiger partial charge in [0.15, 0.2) is 5.96 Å². The zero-order valence-corrected chi connectivity index (χ0v) is 13.3. The molecule has 4 nitrogen and oxygen atoms in total. The molecule has 0 saturated heterocycles. The standard InChI is InChI=1S/C14H26N4S/c1-5-12(6-2)8-16-14(15-7-3)17-9-13-11(4)18-10-19-13/h10,12H,5-9H2,1-4H3,(H2,15,16,17). The van der Waals surface area contributed by atoms with Crippen LogP contribution in [0.3, 0.4) is 0 Å². The molecule has 19 heavy (non-hydrogen) atoms. The van der Waals surface area contributed by atoms with Crippen LogP contribution >= 0.6 is 11.3 Å². The Bertz CT molecular complexity index is 383. The first-order chi connectivity index (χ1) is 9.21. The Hall–Kier alpha value is -1.10. The van der Waals surface area contributed by atoms with Gasteiger partial charge in [-0.25, -0.2) is 9.98 Å². The topological polar surface area (TPSA) is 49.3 Å². The lowest BCUT2D eigenvalue weighted by Crippen LogP contribution is -2.39. The van der Waals surface area contributed by atoms with Crippen molar-refractivity contribution in [2.75, 3.05) is 13.1 Å². The minimum Gasteiger partial charge on any atom is -0.357 e. The van der Waals surface area contributed by atoms with Gasteiger partial charge >= 0.3 is 0 Å². The number of guanidine groups is 1. The third kappa shape index (κ3) is 5.59. The summed E-state index contributed by atoms with van der Waals surface area (Å²) in [6, 6.07) is 0. The van der Waals surface area contributed by atoms with Crippen LogP contribution in [0.2, 0.25) is 0 Å². The Morgan fingerprint density at radius 3 is 2.58 bits per heavy atom. The largest absolute Gasteiger partial charge is 0.357 e. The van der Waals surface area contributed by atoms with Gasteiger partial charge in [-0.2, -0.15) is 0 Å². The average molecular weight is 282 g/mol. The highest BCUT2D eigenvalue weighted by Crippen LogP contribution is 2.13. The van der Waals surface area contributed by atoms with Gasteiger partial charge in [0, 0.05) is 18.0 Å². The van der Waals surface area contributed by atoms with E-state index < -0.39 is 0 Å². The van der Waals surface area contributed by atoms with Crippen LogP contribution in [0.4, 0.5) is 0 Å². The van der Waals surface area contributed by atoms with Crippen molar-refractivity contribution < 1.29 is 0 Å². The van der Waals surface area contributed by atoms with Crippen molar-refractivity contribution in [2.24, 2.45) is 10.9 Å². The summed E-state index contributed by atoms with van der Waals surface area (Å²) >= 11 is 1.67. The smallest absolute Gasteiger partial charge is 0.191 e. The summed E-state index contributed by atoms with van der Waals surface area (Å²) in [6.45, 7) is 11.2. The maximum Gasteiger partial charge on any atom is 0.191 e. The molecule has 0 atom stereocenters. The number of thiazole rings is 1. The van der Waals surface area contributed by atoms with Crippen molar-refractivity contribution in [1.82, 2.24) is 15.6 Å². The summed E-state index contributed by atoms with van der Waals surface area (Å²) in [5.74, 6) is 1.62. The van der Waals surface area contributed by atoms with E-state index in [1.165, 1.54) is 17.7 Å². The van der Waals surface area contributed by atoms with E-state index in [-0.39, 0.29) is 0 Å². The van der Waals surface area contributed by atoms with Gasteiger partial charge in [0.1, 0.15) is 0 Å². The van der Waals surface area contributed by atoms with Crippen LogP contribution in [0.1, 0.15) is 44.2 Å².